The summed E-state index contributed by atoms with van der Waals surface area (Å²) in [7, 11) is 0. The van der Waals surface area contributed by atoms with Crippen LogP contribution in [0.1, 0.15) is 31.2 Å². The van der Waals surface area contributed by atoms with Gasteiger partial charge in [-0.3, -0.25) is 0 Å². The summed E-state index contributed by atoms with van der Waals surface area (Å²) in [6, 6.07) is 6.08. The molecule has 2 nitrogen and oxygen atoms in total. The number of hydrogen-bond acceptors (Lipinski definition) is 2. The molecule has 0 amide bonds. The van der Waals surface area contributed by atoms with E-state index in [1.807, 2.05) is 0 Å². The van der Waals surface area contributed by atoms with Crippen LogP contribution in [0.3, 0.4) is 0 Å². The summed E-state index contributed by atoms with van der Waals surface area (Å²) >= 11 is 0. The Hall–Kier alpha value is -1.23. The molecule has 21 heavy (non-hydrogen) atoms. The van der Waals surface area contributed by atoms with Gasteiger partial charge < -0.3 is 10.2 Å². The van der Waals surface area contributed by atoms with Gasteiger partial charge in [0.05, 0.1) is 5.56 Å². The minimum absolute atomic E-state index is 0.566. The molecular weight excluding hydrogens is 277 g/mol. The third-order valence-corrected chi connectivity index (χ3v) is 4.45. The topological polar surface area (TPSA) is 15.3 Å². The Morgan fingerprint density at radius 3 is 2.14 bits per heavy atom. The maximum absolute atomic E-state index is 12.5. The van der Waals surface area contributed by atoms with Crippen LogP contribution in [-0.2, 0) is 6.18 Å². The van der Waals surface area contributed by atoms with E-state index in [-0.39, 0.29) is 0 Å². The highest BCUT2D eigenvalue weighted by atomic mass is 19.4. The summed E-state index contributed by atoms with van der Waals surface area (Å²) in [5.41, 5.74) is 0.316. The molecule has 0 aromatic heterocycles. The SMILES string of the molecule is FC(F)(F)c1ccc(N2CCC(NCC3CC3)CC2)cc1. The van der Waals surface area contributed by atoms with Gasteiger partial charge in [0, 0.05) is 24.8 Å². The number of hydrogen-bond donors (Lipinski definition) is 1. The molecule has 0 unspecified atom stereocenters. The van der Waals surface area contributed by atoms with Crippen molar-refractivity contribution in [2.24, 2.45) is 5.92 Å². The molecule has 0 radical (unpaired) electrons. The van der Waals surface area contributed by atoms with Crippen LogP contribution in [0.15, 0.2) is 24.3 Å². The number of halogens is 3. The first-order chi connectivity index (χ1) is 10.0. The summed E-state index contributed by atoms with van der Waals surface area (Å²) in [4.78, 5) is 2.18. The second-order valence-electron chi connectivity index (χ2n) is 6.16. The molecule has 1 aromatic carbocycles. The molecule has 116 valence electrons. The zero-order chi connectivity index (χ0) is 14.9. The van der Waals surface area contributed by atoms with Gasteiger partial charge in [0.15, 0.2) is 0 Å². The van der Waals surface area contributed by atoms with E-state index >= 15 is 0 Å². The smallest absolute Gasteiger partial charge is 0.371 e. The summed E-state index contributed by atoms with van der Waals surface area (Å²) in [6.45, 7) is 2.95. The molecule has 1 saturated heterocycles. The normalized spacial score (nSPS) is 20.8. The summed E-state index contributed by atoms with van der Waals surface area (Å²) in [5, 5.41) is 3.61. The van der Waals surface area contributed by atoms with Crippen molar-refractivity contribution in [1.82, 2.24) is 5.32 Å². The van der Waals surface area contributed by atoms with Crippen LogP contribution in [0.25, 0.3) is 0 Å². The Labute approximate surface area is 123 Å². The van der Waals surface area contributed by atoms with Gasteiger partial charge in [-0.2, -0.15) is 13.2 Å². The van der Waals surface area contributed by atoms with Crippen LogP contribution in [0.2, 0.25) is 0 Å². The summed E-state index contributed by atoms with van der Waals surface area (Å²) in [5.74, 6) is 0.887. The average Bonchev–Trinajstić information content (AvgIpc) is 3.29. The van der Waals surface area contributed by atoms with Crippen LogP contribution in [0, 0.1) is 5.92 Å². The van der Waals surface area contributed by atoms with E-state index in [0.717, 1.165) is 44.1 Å². The lowest BCUT2D eigenvalue weighted by Gasteiger charge is -2.34. The molecule has 0 spiro atoms. The highest BCUT2D eigenvalue weighted by Crippen LogP contribution is 2.31. The van der Waals surface area contributed by atoms with Gasteiger partial charge in [0.25, 0.3) is 0 Å². The summed E-state index contributed by atoms with van der Waals surface area (Å²) < 4.78 is 37.6. The highest BCUT2D eigenvalue weighted by molar-refractivity contribution is 5.48. The number of piperidine rings is 1. The Morgan fingerprint density at radius 1 is 1.00 bits per heavy atom. The van der Waals surface area contributed by atoms with Crippen LogP contribution < -0.4 is 10.2 Å². The first kappa shape index (κ1) is 14.7. The second-order valence-corrected chi connectivity index (χ2v) is 6.16. The van der Waals surface area contributed by atoms with Crippen molar-refractivity contribution in [1.29, 1.82) is 0 Å². The molecule has 1 heterocycles. The van der Waals surface area contributed by atoms with Crippen molar-refractivity contribution < 1.29 is 13.2 Å². The highest BCUT2D eigenvalue weighted by Gasteiger charge is 2.30. The molecule has 1 saturated carbocycles. The first-order valence-corrected chi connectivity index (χ1v) is 7.68. The van der Waals surface area contributed by atoms with Crippen LogP contribution in [0.4, 0.5) is 18.9 Å². The Balaban J connectivity index is 1.51. The Kier molecular flexibility index (Phi) is 4.11. The molecule has 2 aliphatic rings. The minimum Gasteiger partial charge on any atom is -0.371 e. The van der Waals surface area contributed by atoms with Gasteiger partial charge in [-0.1, -0.05) is 0 Å². The van der Waals surface area contributed by atoms with Gasteiger partial charge in [0.1, 0.15) is 0 Å². The van der Waals surface area contributed by atoms with Crippen molar-refractivity contribution in [3.05, 3.63) is 29.8 Å². The molecule has 3 rings (SSSR count). The second kappa shape index (κ2) is 5.87. The van der Waals surface area contributed by atoms with Crippen molar-refractivity contribution in [2.75, 3.05) is 24.5 Å². The predicted molar refractivity (Wildman–Crippen MR) is 77.4 cm³/mol. The van der Waals surface area contributed by atoms with Gasteiger partial charge in [-0.25, -0.2) is 0 Å². The molecule has 1 aromatic rings. The number of nitrogens with one attached hydrogen (secondary N) is 1. The Bertz CT molecular complexity index is 457. The minimum atomic E-state index is -4.25. The molecule has 1 N–H and O–H groups in total. The standard InChI is InChI=1S/C16H21F3N2/c17-16(18,19)13-3-5-15(6-4-13)21-9-7-14(8-10-21)20-11-12-1-2-12/h3-6,12,14,20H,1-2,7-11H2. The third kappa shape index (κ3) is 3.90. The first-order valence-electron chi connectivity index (χ1n) is 7.68. The van der Waals surface area contributed by atoms with E-state index < -0.39 is 11.7 Å². The van der Waals surface area contributed by atoms with E-state index in [1.54, 1.807) is 12.1 Å². The maximum atomic E-state index is 12.5. The maximum Gasteiger partial charge on any atom is 0.416 e. The van der Waals surface area contributed by atoms with Gasteiger partial charge >= 0.3 is 6.18 Å². The molecule has 0 bridgehead atoms. The average molecular weight is 298 g/mol. The van der Waals surface area contributed by atoms with Gasteiger partial charge in [-0.15, -0.1) is 0 Å². The lowest BCUT2D eigenvalue weighted by Crippen LogP contribution is -2.43. The van der Waals surface area contributed by atoms with E-state index in [1.165, 1.54) is 25.0 Å². The number of nitrogens with zero attached hydrogens (tertiary/aromatic N) is 1. The van der Waals surface area contributed by atoms with Crippen LogP contribution in [-0.4, -0.2) is 25.7 Å². The molecule has 0 atom stereocenters. The number of rotatable bonds is 4. The molecule has 1 aliphatic heterocycles. The van der Waals surface area contributed by atoms with Crippen molar-refractivity contribution >= 4 is 5.69 Å². The molecule has 1 aliphatic carbocycles. The summed E-state index contributed by atoms with van der Waals surface area (Å²) in [6.07, 6.45) is 0.592. The fourth-order valence-corrected chi connectivity index (χ4v) is 2.86. The number of anilines is 1. The largest absolute Gasteiger partial charge is 0.416 e. The van der Waals surface area contributed by atoms with E-state index in [9.17, 15) is 13.2 Å². The zero-order valence-electron chi connectivity index (χ0n) is 12.0. The van der Waals surface area contributed by atoms with E-state index in [0.29, 0.717) is 6.04 Å². The monoisotopic (exact) mass is 298 g/mol. The lowest BCUT2D eigenvalue weighted by atomic mass is 10.0. The van der Waals surface area contributed by atoms with Crippen molar-refractivity contribution in [3.8, 4) is 0 Å². The van der Waals surface area contributed by atoms with Crippen molar-refractivity contribution in [3.63, 3.8) is 0 Å². The van der Waals surface area contributed by atoms with Crippen molar-refractivity contribution in [2.45, 2.75) is 37.9 Å². The lowest BCUT2D eigenvalue weighted by molar-refractivity contribution is -0.137. The Morgan fingerprint density at radius 2 is 1.62 bits per heavy atom. The quantitative estimate of drug-likeness (QED) is 0.912. The van der Waals surface area contributed by atoms with Gasteiger partial charge in [0.2, 0.25) is 0 Å². The fraction of sp³-hybridized carbons (Fsp3) is 0.625. The molecular formula is C16H21F3N2. The number of benzene rings is 1. The fourth-order valence-electron chi connectivity index (χ4n) is 2.86. The number of alkyl halides is 3. The predicted octanol–water partition coefficient (Wildman–Crippen LogP) is 3.67. The zero-order valence-corrected chi connectivity index (χ0v) is 12.0. The third-order valence-electron chi connectivity index (χ3n) is 4.45. The van der Waals surface area contributed by atoms with E-state index in [2.05, 4.69) is 10.2 Å². The molecule has 5 heteroatoms. The van der Waals surface area contributed by atoms with Gasteiger partial charge in [-0.05, 0) is 62.4 Å². The van der Waals surface area contributed by atoms with E-state index in [4.69, 9.17) is 0 Å². The molecule has 2 fully saturated rings. The van der Waals surface area contributed by atoms with Crippen LogP contribution >= 0.6 is 0 Å². The van der Waals surface area contributed by atoms with Crippen LogP contribution in [0.5, 0.6) is 0 Å².